The fourth-order valence-corrected chi connectivity index (χ4v) is 1.75. The third-order valence-electron chi connectivity index (χ3n) is 2.56. The molecule has 0 aromatic carbocycles. The molecular formula is C9H12N2O3. The third-order valence-corrected chi connectivity index (χ3v) is 2.56. The van der Waals surface area contributed by atoms with Crippen LogP contribution in [0.3, 0.4) is 0 Å². The van der Waals surface area contributed by atoms with Crippen LogP contribution in [0.1, 0.15) is 12.2 Å². The number of nitrogens with zero attached hydrogens (tertiary/aromatic N) is 2. The van der Waals surface area contributed by atoms with Crippen LogP contribution in [-0.2, 0) is 22.5 Å². The average Bonchev–Trinajstić information content (AvgIpc) is 2.63. The molecule has 2 rings (SSSR count). The molecule has 0 spiro atoms. The van der Waals surface area contributed by atoms with Crippen molar-refractivity contribution in [2.45, 2.75) is 25.0 Å². The summed E-state index contributed by atoms with van der Waals surface area (Å²) in [5, 5.41) is 9.98. The number of esters is 1. The number of carbonyl (C=O) groups excluding carboxylic acids is 1. The second-order valence-corrected chi connectivity index (χ2v) is 3.49. The lowest BCUT2D eigenvalue weighted by Gasteiger charge is -2.30. The number of methoxy groups -OCH3 is 1. The SMILES string of the molecule is COC(=O)C1(O)CCc2nccn2C1. The monoisotopic (exact) mass is 196 g/mol. The lowest BCUT2D eigenvalue weighted by atomic mass is 9.94. The van der Waals surface area contributed by atoms with Crippen molar-refractivity contribution in [2.24, 2.45) is 0 Å². The number of hydrogen-bond donors (Lipinski definition) is 1. The van der Waals surface area contributed by atoms with Gasteiger partial charge >= 0.3 is 5.97 Å². The highest BCUT2D eigenvalue weighted by Gasteiger charge is 2.40. The van der Waals surface area contributed by atoms with Crippen LogP contribution in [0, 0.1) is 0 Å². The minimum Gasteiger partial charge on any atom is -0.467 e. The molecule has 14 heavy (non-hydrogen) atoms. The molecule has 1 aromatic heterocycles. The highest BCUT2D eigenvalue weighted by molar-refractivity contribution is 5.79. The Balaban J connectivity index is 2.25. The van der Waals surface area contributed by atoms with Gasteiger partial charge in [-0.1, -0.05) is 0 Å². The van der Waals surface area contributed by atoms with Gasteiger partial charge in [0, 0.05) is 18.8 Å². The number of ether oxygens (including phenoxy) is 1. The Bertz CT molecular complexity index is 361. The largest absolute Gasteiger partial charge is 0.467 e. The van der Waals surface area contributed by atoms with Crippen molar-refractivity contribution >= 4 is 5.97 Å². The highest BCUT2D eigenvalue weighted by atomic mass is 16.5. The van der Waals surface area contributed by atoms with E-state index in [2.05, 4.69) is 9.72 Å². The smallest absolute Gasteiger partial charge is 0.339 e. The molecule has 1 unspecified atom stereocenters. The van der Waals surface area contributed by atoms with Gasteiger partial charge in [0.25, 0.3) is 0 Å². The topological polar surface area (TPSA) is 64.3 Å². The van der Waals surface area contributed by atoms with E-state index in [4.69, 9.17) is 0 Å². The quantitative estimate of drug-likeness (QED) is 0.628. The maximum Gasteiger partial charge on any atom is 0.339 e. The molecule has 1 aliphatic heterocycles. The van der Waals surface area contributed by atoms with Crippen LogP contribution in [0.15, 0.2) is 12.4 Å². The number of hydrogen-bond acceptors (Lipinski definition) is 4. The van der Waals surface area contributed by atoms with Gasteiger partial charge in [0.1, 0.15) is 5.82 Å². The molecule has 2 heterocycles. The van der Waals surface area contributed by atoms with E-state index in [1.165, 1.54) is 7.11 Å². The fourth-order valence-electron chi connectivity index (χ4n) is 1.75. The molecule has 0 amide bonds. The summed E-state index contributed by atoms with van der Waals surface area (Å²) >= 11 is 0. The molecule has 1 N–H and O–H groups in total. The molecule has 0 saturated carbocycles. The third kappa shape index (κ3) is 1.29. The molecule has 0 radical (unpaired) electrons. The van der Waals surface area contributed by atoms with Crippen LogP contribution in [0.4, 0.5) is 0 Å². The van der Waals surface area contributed by atoms with E-state index in [0.717, 1.165) is 5.82 Å². The van der Waals surface area contributed by atoms with Crippen molar-refractivity contribution in [1.29, 1.82) is 0 Å². The summed E-state index contributed by atoms with van der Waals surface area (Å²) in [5.74, 6) is 0.329. The van der Waals surface area contributed by atoms with Crippen LogP contribution in [0.5, 0.6) is 0 Å². The molecular weight excluding hydrogens is 184 g/mol. The normalized spacial score (nSPS) is 25.6. The van der Waals surface area contributed by atoms with E-state index in [1.807, 2.05) is 0 Å². The first kappa shape index (κ1) is 9.21. The molecule has 5 nitrogen and oxygen atoms in total. The van der Waals surface area contributed by atoms with Gasteiger partial charge in [-0.3, -0.25) is 0 Å². The maximum absolute atomic E-state index is 11.3. The molecule has 5 heteroatoms. The molecule has 1 aliphatic rings. The van der Waals surface area contributed by atoms with Gasteiger partial charge in [-0.2, -0.15) is 0 Å². The Kier molecular flexibility index (Phi) is 2.03. The minimum atomic E-state index is -1.39. The first-order chi connectivity index (χ1) is 6.65. The van der Waals surface area contributed by atoms with E-state index in [9.17, 15) is 9.90 Å². The number of rotatable bonds is 1. The van der Waals surface area contributed by atoms with E-state index in [1.54, 1.807) is 17.0 Å². The van der Waals surface area contributed by atoms with Gasteiger partial charge in [-0.25, -0.2) is 9.78 Å². The Morgan fingerprint density at radius 3 is 3.29 bits per heavy atom. The van der Waals surface area contributed by atoms with Crippen molar-refractivity contribution in [3.05, 3.63) is 18.2 Å². The number of aryl methyl sites for hydroxylation is 1. The molecule has 0 fully saturated rings. The van der Waals surface area contributed by atoms with Crippen LogP contribution < -0.4 is 0 Å². The van der Waals surface area contributed by atoms with E-state index in [-0.39, 0.29) is 6.54 Å². The Morgan fingerprint density at radius 2 is 2.57 bits per heavy atom. The van der Waals surface area contributed by atoms with E-state index in [0.29, 0.717) is 12.8 Å². The molecule has 76 valence electrons. The van der Waals surface area contributed by atoms with Crippen molar-refractivity contribution in [3.63, 3.8) is 0 Å². The molecule has 0 saturated heterocycles. The Morgan fingerprint density at radius 1 is 1.79 bits per heavy atom. The molecule has 0 bridgehead atoms. The summed E-state index contributed by atoms with van der Waals surface area (Å²) in [6.45, 7) is 0.231. The molecule has 1 atom stereocenters. The average molecular weight is 196 g/mol. The zero-order valence-electron chi connectivity index (χ0n) is 7.93. The molecule has 0 aliphatic carbocycles. The number of aliphatic hydroxyl groups is 1. The number of imidazole rings is 1. The Hall–Kier alpha value is -1.36. The van der Waals surface area contributed by atoms with Gasteiger partial charge < -0.3 is 14.4 Å². The van der Waals surface area contributed by atoms with Crippen molar-refractivity contribution in [2.75, 3.05) is 7.11 Å². The summed E-state index contributed by atoms with van der Waals surface area (Å²) in [4.78, 5) is 15.4. The second kappa shape index (κ2) is 3.09. The number of carbonyl (C=O) groups is 1. The second-order valence-electron chi connectivity index (χ2n) is 3.49. The van der Waals surface area contributed by atoms with Crippen molar-refractivity contribution in [3.8, 4) is 0 Å². The lowest BCUT2D eigenvalue weighted by molar-refractivity contribution is -0.165. The maximum atomic E-state index is 11.3. The zero-order chi connectivity index (χ0) is 10.2. The summed E-state index contributed by atoms with van der Waals surface area (Å²) in [5.41, 5.74) is -1.39. The summed E-state index contributed by atoms with van der Waals surface area (Å²) in [6, 6.07) is 0. The number of fused-ring (bicyclic) bond motifs is 1. The summed E-state index contributed by atoms with van der Waals surface area (Å²) < 4.78 is 6.34. The van der Waals surface area contributed by atoms with Crippen molar-refractivity contribution in [1.82, 2.24) is 9.55 Å². The first-order valence-electron chi connectivity index (χ1n) is 4.46. The highest BCUT2D eigenvalue weighted by Crippen LogP contribution is 2.23. The number of aromatic nitrogens is 2. The molecule has 1 aromatic rings. The van der Waals surface area contributed by atoms with Gasteiger partial charge in [0.2, 0.25) is 0 Å². The first-order valence-corrected chi connectivity index (χ1v) is 4.46. The van der Waals surface area contributed by atoms with Crippen LogP contribution in [0.25, 0.3) is 0 Å². The van der Waals surface area contributed by atoms with E-state index < -0.39 is 11.6 Å². The van der Waals surface area contributed by atoms with Crippen molar-refractivity contribution < 1.29 is 14.6 Å². The Labute approximate surface area is 81.3 Å². The zero-order valence-corrected chi connectivity index (χ0v) is 7.93. The standard InChI is InChI=1S/C9H12N2O3/c1-14-8(12)9(13)3-2-7-10-4-5-11(7)6-9/h4-5,13H,2-3,6H2,1H3. The fraction of sp³-hybridized carbons (Fsp3) is 0.556. The van der Waals surface area contributed by atoms with E-state index >= 15 is 0 Å². The van der Waals surface area contributed by atoms with Gasteiger partial charge in [0.15, 0.2) is 5.60 Å². The van der Waals surface area contributed by atoms with Crippen LogP contribution in [-0.4, -0.2) is 33.3 Å². The predicted octanol–water partition coefficient (Wildman–Crippen LogP) is -0.267. The minimum absolute atomic E-state index is 0.231. The lowest BCUT2D eigenvalue weighted by Crippen LogP contribution is -2.46. The summed E-state index contributed by atoms with van der Waals surface area (Å²) in [7, 11) is 1.28. The van der Waals surface area contributed by atoms with Crippen LogP contribution in [0.2, 0.25) is 0 Å². The van der Waals surface area contributed by atoms with Gasteiger partial charge in [-0.05, 0) is 6.42 Å². The predicted molar refractivity (Wildman–Crippen MR) is 47.5 cm³/mol. The summed E-state index contributed by atoms with van der Waals surface area (Å²) in [6.07, 6.45) is 4.38. The van der Waals surface area contributed by atoms with Gasteiger partial charge in [-0.15, -0.1) is 0 Å². The van der Waals surface area contributed by atoms with Crippen LogP contribution >= 0.6 is 0 Å². The van der Waals surface area contributed by atoms with Gasteiger partial charge in [0.05, 0.1) is 13.7 Å².